The van der Waals surface area contributed by atoms with Crippen LogP contribution in [0, 0.1) is 0 Å². The van der Waals surface area contributed by atoms with E-state index in [1.807, 2.05) is 13.8 Å². The van der Waals surface area contributed by atoms with E-state index in [0.29, 0.717) is 5.69 Å². The fourth-order valence-corrected chi connectivity index (χ4v) is 1.92. The minimum absolute atomic E-state index is 0.000483. The number of aromatic carboxylic acids is 1. The quantitative estimate of drug-likeness (QED) is 0.754. The van der Waals surface area contributed by atoms with Gasteiger partial charge in [-0.3, -0.25) is 0 Å². The van der Waals surface area contributed by atoms with Crippen LogP contribution in [0.4, 0.5) is 0 Å². The van der Waals surface area contributed by atoms with Crippen molar-refractivity contribution >= 4 is 5.97 Å². The lowest BCUT2D eigenvalue weighted by atomic mass is 10.2. The highest BCUT2D eigenvalue weighted by Gasteiger charge is 2.34. The Morgan fingerprint density at radius 1 is 1.53 bits per heavy atom. The Hall–Kier alpha value is -1.47. The molecule has 0 aromatic carbocycles. The first-order chi connectivity index (χ1) is 8.99. The molecule has 0 spiro atoms. The lowest BCUT2D eigenvalue weighted by molar-refractivity contribution is -0.00252. The van der Waals surface area contributed by atoms with Crippen LogP contribution >= 0.6 is 0 Å². The van der Waals surface area contributed by atoms with Crippen molar-refractivity contribution in [3.63, 3.8) is 0 Å². The van der Waals surface area contributed by atoms with Gasteiger partial charge in [0.25, 0.3) is 0 Å². The SMILES string of the molecule is CC(C)OCC(O)Cn1nnc(C(=O)O)c1C1CC1. The van der Waals surface area contributed by atoms with E-state index in [1.54, 1.807) is 0 Å². The molecule has 1 aromatic rings. The molecule has 1 aromatic heterocycles. The molecule has 19 heavy (non-hydrogen) atoms. The summed E-state index contributed by atoms with van der Waals surface area (Å²) in [5.74, 6) is -0.861. The number of hydrogen-bond donors (Lipinski definition) is 2. The van der Waals surface area contributed by atoms with Gasteiger partial charge in [0, 0.05) is 5.92 Å². The van der Waals surface area contributed by atoms with Gasteiger partial charge in [0.2, 0.25) is 0 Å². The molecule has 106 valence electrons. The summed E-state index contributed by atoms with van der Waals surface area (Å²) in [7, 11) is 0. The van der Waals surface area contributed by atoms with Crippen molar-refractivity contribution in [2.24, 2.45) is 0 Å². The maximum absolute atomic E-state index is 11.1. The molecule has 1 heterocycles. The Morgan fingerprint density at radius 3 is 2.74 bits per heavy atom. The predicted molar refractivity (Wildman–Crippen MR) is 66.1 cm³/mol. The topological polar surface area (TPSA) is 97.5 Å². The van der Waals surface area contributed by atoms with E-state index in [0.717, 1.165) is 12.8 Å². The monoisotopic (exact) mass is 269 g/mol. The maximum atomic E-state index is 11.1. The van der Waals surface area contributed by atoms with Crippen LogP contribution in [-0.2, 0) is 11.3 Å². The number of rotatable bonds is 7. The highest BCUT2D eigenvalue weighted by molar-refractivity contribution is 5.86. The molecule has 0 radical (unpaired) electrons. The van der Waals surface area contributed by atoms with Crippen molar-refractivity contribution < 1.29 is 19.7 Å². The summed E-state index contributed by atoms with van der Waals surface area (Å²) in [4.78, 5) is 11.1. The van der Waals surface area contributed by atoms with Crippen molar-refractivity contribution in [1.29, 1.82) is 0 Å². The number of hydrogen-bond acceptors (Lipinski definition) is 5. The summed E-state index contributed by atoms with van der Waals surface area (Å²) < 4.78 is 6.81. The average molecular weight is 269 g/mol. The van der Waals surface area contributed by atoms with Crippen molar-refractivity contribution in [3.05, 3.63) is 11.4 Å². The molecule has 1 aliphatic carbocycles. The second-order valence-corrected chi connectivity index (χ2v) is 5.12. The standard InChI is InChI=1S/C12H19N3O4/c1-7(2)19-6-9(16)5-15-11(8-3-4-8)10(12(17)18)13-14-15/h7-9,16H,3-6H2,1-2H3,(H,17,18). The number of aliphatic hydroxyl groups is 1. The van der Waals surface area contributed by atoms with Crippen LogP contribution < -0.4 is 0 Å². The zero-order chi connectivity index (χ0) is 14.0. The highest BCUT2D eigenvalue weighted by atomic mass is 16.5. The first-order valence-corrected chi connectivity index (χ1v) is 6.45. The molecule has 7 nitrogen and oxygen atoms in total. The average Bonchev–Trinajstić information content (AvgIpc) is 3.08. The van der Waals surface area contributed by atoms with Gasteiger partial charge < -0.3 is 14.9 Å². The zero-order valence-corrected chi connectivity index (χ0v) is 11.1. The van der Waals surface area contributed by atoms with Gasteiger partial charge in [0.05, 0.1) is 31.1 Å². The summed E-state index contributed by atoms with van der Waals surface area (Å²) in [6.07, 6.45) is 1.23. The Kier molecular flexibility index (Phi) is 4.16. The summed E-state index contributed by atoms with van der Waals surface area (Å²) in [5.41, 5.74) is 0.621. The minimum Gasteiger partial charge on any atom is -0.476 e. The first-order valence-electron chi connectivity index (χ1n) is 6.45. The molecule has 0 aliphatic heterocycles. The molecular formula is C12H19N3O4. The van der Waals surface area contributed by atoms with Crippen molar-refractivity contribution in [2.75, 3.05) is 6.61 Å². The first kappa shape index (κ1) is 14.0. The summed E-state index contributed by atoms with van der Waals surface area (Å²) >= 11 is 0. The van der Waals surface area contributed by atoms with Crippen LogP contribution in [-0.4, -0.2) is 50.0 Å². The van der Waals surface area contributed by atoms with Gasteiger partial charge in [0.15, 0.2) is 5.69 Å². The zero-order valence-electron chi connectivity index (χ0n) is 11.1. The van der Waals surface area contributed by atoms with Crippen LogP contribution in [0.5, 0.6) is 0 Å². The van der Waals surface area contributed by atoms with Gasteiger partial charge in [-0.15, -0.1) is 5.10 Å². The van der Waals surface area contributed by atoms with Crippen LogP contribution in [0.15, 0.2) is 0 Å². The van der Waals surface area contributed by atoms with Crippen molar-refractivity contribution in [1.82, 2.24) is 15.0 Å². The largest absolute Gasteiger partial charge is 0.476 e. The summed E-state index contributed by atoms with van der Waals surface area (Å²) in [6, 6.07) is 0. The van der Waals surface area contributed by atoms with E-state index in [1.165, 1.54) is 4.68 Å². The number of carboxylic acids is 1. The molecule has 1 fully saturated rings. The van der Waals surface area contributed by atoms with Gasteiger partial charge in [0.1, 0.15) is 0 Å². The molecule has 1 aliphatic rings. The smallest absolute Gasteiger partial charge is 0.358 e. The Bertz CT molecular complexity index is 454. The van der Waals surface area contributed by atoms with Crippen molar-refractivity contribution in [2.45, 2.75) is 51.4 Å². The molecule has 2 rings (SSSR count). The third-order valence-electron chi connectivity index (χ3n) is 2.95. The molecule has 1 atom stereocenters. The predicted octanol–water partition coefficient (Wildman–Crippen LogP) is 0.640. The molecule has 0 amide bonds. The Morgan fingerprint density at radius 2 is 2.21 bits per heavy atom. The van der Waals surface area contributed by atoms with Crippen LogP contribution in [0.1, 0.15) is 48.8 Å². The molecular weight excluding hydrogens is 250 g/mol. The molecule has 1 saturated carbocycles. The minimum atomic E-state index is -1.07. The number of aliphatic hydroxyl groups excluding tert-OH is 1. The molecule has 0 saturated heterocycles. The number of aromatic nitrogens is 3. The number of nitrogens with zero attached hydrogens (tertiary/aromatic N) is 3. The lowest BCUT2D eigenvalue weighted by Crippen LogP contribution is -2.25. The van der Waals surface area contributed by atoms with E-state index in [4.69, 9.17) is 9.84 Å². The summed E-state index contributed by atoms with van der Waals surface area (Å²) in [5, 5.41) is 26.5. The Balaban J connectivity index is 2.05. The van der Waals surface area contributed by atoms with E-state index in [9.17, 15) is 9.90 Å². The molecule has 0 bridgehead atoms. The van der Waals surface area contributed by atoms with E-state index >= 15 is 0 Å². The van der Waals surface area contributed by atoms with Gasteiger partial charge in [-0.05, 0) is 26.7 Å². The van der Waals surface area contributed by atoms with E-state index < -0.39 is 12.1 Å². The second kappa shape index (κ2) is 5.66. The van der Waals surface area contributed by atoms with E-state index in [-0.39, 0.29) is 30.9 Å². The van der Waals surface area contributed by atoms with Gasteiger partial charge in [-0.25, -0.2) is 9.48 Å². The van der Waals surface area contributed by atoms with Gasteiger partial charge >= 0.3 is 5.97 Å². The fourth-order valence-electron chi connectivity index (χ4n) is 1.92. The highest BCUT2D eigenvalue weighted by Crippen LogP contribution is 2.41. The van der Waals surface area contributed by atoms with Gasteiger partial charge in [-0.2, -0.15) is 0 Å². The van der Waals surface area contributed by atoms with Crippen LogP contribution in [0.3, 0.4) is 0 Å². The number of carbonyl (C=O) groups is 1. The van der Waals surface area contributed by atoms with Crippen LogP contribution in [0.25, 0.3) is 0 Å². The molecule has 7 heteroatoms. The fraction of sp³-hybridized carbons (Fsp3) is 0.750. The normalized spacial score (nSPS) is 16.8. The Labute approximate surface area is 111 Å². The van der Waals surface area contributed by atoms with Crippen molar-refractivity contribution in [3.8, 4) is 0 Å². The second-order valence-electron chi connectivity index (χ2n) is 5.12. The third kappa shape index (κ3) is 3.51. The van der Waals surface area contributed by atoms with Crippen LogP contribution in [0.2, 0.25) is 0 Å². The van der Waals surface area contributed by atoms with Gasteiger partial charge in [-0.1, -0.05) is 5.21 Å². The molecule has 1 unspecified atom stereocenters. The third-order valence-corrected chi connectivity index (χ3v) is 2.95. The number of carboxylic acid groups (broad SMARTS) is 1. The maximum Gasteiger partial charge on any atom is 0.358 e. The van der Waals surface area contributed by atoms with E-state index in [2.05, 4.69) is 10.3 Å². The molecule has 2 N–H and O–H groups in total. The number of ether oxygens (including phenoxy) is 1. The summed E-state index contributed by atoms with van der Waals surface area (Å²) in [6.45, 7) is 4.18. The lowest BCUT2D eigenvalue weighted by Gasteiger charge is -2.14.